The van der Waals surface area contributed by atoms with E-state index in [0.717, 1.165) is 25.4 Å². The Balaban J connectivity index is 1.68. The molecule has 0 amide bonds. The van der Waals surface area contributed by atoms with Crippen LogP contribution in [-0.4, -0.2) is 37.7 Å². The maximum Gasteiger partial charge on any atom is 0.159 e. The van der Waals surface area contributed by atoms with Gasteiger partial charge in [0.2, 0.25) is 0 Å². The molecule has 0 aromatic heterocycles. The van der Waals surface area contributed by atoms with E-state index >= 15 is 0 Å². The quantitative estimate of drug-likeness (QED) is 0.247. The number of unbranched alkanes of at least 4 members (excludes halogenated alkanes) is 7. The number of ether oxygens (including phenoxy) is 1. The van der Waals surface area contributed by atoms with Crippen molar-refractivity contribution in [2.45, 2.75) is 78.1 Å². The highest BCUT2D eigenvalue weighted by Gasteiger charge is 2.28. The number of hydrogen-bond donors (Lipinski definition) is 0. The predicted molar refractivity (Wildman–Crippen MR) is 91.1 cm³/mol. The van der Waals surface area contributed by atoms with Crippen molar-refractivity contribution in [2.75, 3.05) is 32.9 Å². The fourth-order valence-electron chi connectivity index (χ4n) is 2.80. The summed E-state index contributed by atoms with van der Waals surface area (Å²) in [4.78, 5) is 4.51. The first-order valence-electron chi connectivity index (χ1n) is 9.43. The van der Waals surface area contributed by atoms with Crippen LogP contribution in [0.1, 0.15) is 78.1 Å². The molecular weight excluding hydrogens is 278 g/mol. The van der Waals surface area contributed by atoms with Crippen molar-refractivity contribution in [1.82, 2.24) is 0 Å². The Morgan fingerprint density at radius 1 is 0.909 bits per heavy atom. The molecule has 4 heteroatoms. The number of quaternary nitrogens is 1. The van der Waals surface area contributed by atoms with E-state index in [0.29, 0.717) is 26.3 Å². The van der Waals surface area contributed by atoms with Crippen LogP contribution in [0.4, 0.5) is 0 Å². The maximum absolute atomic E-state index is 11.6. The lowest BCUT2D eigenvalue weighted by Crippen LogP contribution is -2.54. The summed E-state index contributed by atoms with van der Waals surface area (Å²) in [5.41, 5.74) is 0. The maximum atomic E-state index is 11.6. The van der Waals surface area contributed by atoms with Gasteiger partial charge in [0.1, 0.15) is 13.1 Å². The van der Waals surface area contributed by atoms with E-state index in [2.05, 4.69) is 13.8 Å². The first-order chi connectivity index (χ1) is 10.6. The molecular formula is C18H37NO3. The van der Waals surface area contributed by atoms with Crippen LogP contribution >= 0.6 is 0 Å². The molecule has 1 atom stereocenters. The van der Waals surface area contributed by atoms with E-state index in [1.807, 2.05) is 0 Å². The smallest absolute Gasteiger partial charge is 0.159 e. The molecule has 0 aromatic rings. The highest BCUT2D eigenvalue weighted by molar-refractivity contribution is 4.50. The second-order valence-corrected chi connectivity index (χ2v) is 7.07. The Bertz CT molecular complexity index is 255. The third kappa shape index (κ3) is 10.5. The van der Waals surface area contributed by atoms with Crippen LogP contribution in [0, 0.1) is 11.1 Å². The molecule has 4 nitrogen and oxygen atoms in total. The molecule has 1 heterocycles. The summed E-state index contributed by atoms with van der Waals surface area (Å²) >= 11 is 0. The predicted octanol–water partition coefficient (Wildman–Crippen LogP) is 4.82. The fourth-order valence-corrected chi connectivity index (χ4v) is 2.80. The average Bonchev–Trinajstić information content (AvgIpc) is 2.45. The minimum Gasteiger partial charge on any atom is -0.598 e. The summed E-state index contributed by atoms with van der Waals surface area (Å²) in [6.45, 7) is 7.91. The van der Waals surface area contributed by atoms with Crippen LogP contribution in [-0.2, 0) is 9.57 Å². The zero-order valence-electron chi connectivity index (χ0n) is 14.9. The fraction of sp³-hybridized carbons (Fsp3) is 1.00. The van der Waals surface area contributed by atoms with Gasteiger partial charge in [0.25, 0.3) is 0 Å². The van der Waals surface area contributed by atoms with Crippen molar-refractivity contribution in [3.8, 4) is 0 Å². The highest BCUT2D eigenvalue weighted by Crippen LogP contribution is 2.16. The zero-order chi connectivity index (χ0) is 16.1. The first kappa shape index (κ1) is 19.9. The summed E-state index contributed by atoms with van der Waals surface area (Å²) < 4.78 is 5.58. The molecule has 0 aliphatic carbocycles. The van der Waals surface area contributed by atoms with Gasteiger partial charge in [0.15, 0.2) is 6.61 Å². The van der Waals surface area contributed by atoms with Crippen molar-refractivity contribution in [1.29, 1.82) is 0 Å². The van der Waals surface area contributed by atoms with Gasteiger partial charge in [-0.05, 0) is 12.3 Å². The first-order valence-corrected chi connectivity index (χ1v) is 9.43. The molecule has 0 N–H and O–H groups in total. The zero-order valence-corrected chi connectivity index (χ0v) is 14.9. The Labute approximate surface area is 137 Å². The summed E-state index contributed by atoms with van der Waals surface area (Å²) in [6, 6.07) is 0. The van der Waals surface area contributed by atoms with Gasteiger partial charge in [-0.2, -0.15) is 4.84 Å². The van der Waals surface area contributed by atoms with Crippen LogP contribution < -0.4 is 0 Å². The van der Waals surface area contributed by atoms with Crippen LogP contribution in [0.25, 0.3) is 0 Å². The Hall–Kier alpha value is -0.160. The molecule has 1 aliphatic heterocycles. The molecule has 0 saturated carbocycles. The molecule has 1 unspecified atom stereocenters. The molecule has 132 valence electrons. The number of rotatable bonds is 15. The largest absolute Gasteiger partial charge is 0.598 e. The lowest BCUT2D eigenvalue weighted by molar-refractivity contribution is -1.12. The minimum absolute atomic E-state index is 0.458. The topological polar surface area (TPSA) is 41.5 Å². The second-order valence-electron chi connectivity index (χ2n) is 7.07. The van der Waals surface area contributed by atoms with Crippen LogP contribution in [0.3, 0.4) is 0 Å². The molecule has 22 heavy (non-hydrogen) atoms. The highest BCUT2D eigenvalue weighted by atomic mass is 17.0. The van der Waals surface area contributed by atoms with E-state index in [-0.39, 0.29) is 0 Å². The van der Waals surface area contributed by atoms with E-state index in [1.54, 1.807) is 0 Å². The van der Waals surface area contributed by atoms with Crippen molar-refractivity contribution in [3.63, 3.8) is 0 Å². The van der Waals surface area contributed by atoms with Crippen molar-refractivity contribution in [2.24, 2.45) is 5.92 Å². The Morgan fingerprint density at radius 2 is 1.45 bits per heavy atom. The van der Waals surface area contributed by atoms with Gasteiger partial charge >= 0.3 is 0 Å². The van der Waals surface area contributed by atoms with Crippen molar-refractivity contribution < 1.29 is 14.4 Å². The van der Waals surface area contributed by atoms with Gasteiger partial charge < -0.3 is 9.94 Å². The molecule has 0 aromatic carbocycles. The Morgan fingerprint density at radius 3 is 2.00 bits per heavy atom. The van der Waals surface area contributed by atoms with Gasteiger partial charge in [-0.25, -0.2) is 4.81 Å². The molecule has 1 aliphatic rings. The summed E-state index contributed by atoms with van der Waals surface area (Å²) in [7, 11) is 0. The van der Waals surface area contributed by atoms with Gasteiger partial charge in [-0.1, -0.05) is 65.2 Å². The molecule has 1 saturated heterocycles. The van der Waals surface area contributed by atoms with Gasteiger partial charge in [0.05, 0.1) is 6.61 Å². The lowest BCUT2D eigenvalue weighted by Gasteiger charge is -2.45. The molecule has 1 rings (SSSR count). The van der Waals surface area contributed by atoms with Gasteiger partial charge in [-0.3, -0.25) is 0 Å². The number of nitrogens with zero attached hydrogens (tertiary/aromatic N) is 1. The number of hydrogen-bond acceptors (Lipinski definition) is 3. The van der Waals surface area contributed by atoms with E-state index in [9.17, 15) is 5.21 Å². The summed E-state index contributed by atoms with van der Waals surface area (Å²) in [5.74, 6) is 0.861. The third-order valence-electron chi connectivity index (χ3n) is 4.37. The van der Waals surface area contributed by atoms with E-state index in [4.69, 9.17) is 9.57 Å². The second kappa shape index (κ2) is 12.3. The normalized spacial score (nSPS) is 21.3. The molecule has 0 radical (unpaired) electrons. The van der Waals surface area contributed by atoms with E-state index < -0.39 is 4.81 Å². The van der Waals surface area contributed by atoms with E-state index in [1.165, 1.54) is 51.4 Å². The van der Waals surface area contributed by atoms with Gasteiger partial charge in [-0.15, -0.1) is 0 Å². The molecule has 1 fully saturated rings. The average molecular weight is 315 g/mol. The lowest BCUT2D eigenvalue weighted by atomic mass is 10.0. The molecule has 0 bridgehead atoms. The van der Waals surface area contributed by atoms with Crippen molar-refractivity contribution in [3.05, 3.63) is 5.21 Å². The number of hydroxylamine groups is 4. The minimum atomic E-state index is -0.458. The SMILES string of the molecule is CC(C)CCCCCCCCCCOCCC[N+]1([O-])CCO1. The molecule has 0 spiro atoms. The van der Waals surface area contributed by atoms with Crippen LogP contribution in [0.2, 0.25) is 0 Å². The standard InChI is InChI=1S/C18H37NO3/c1-18(2)12-9-7-5-3-4-6-8-10-15-21-16-11-13-19(20)14-17-22-19/h18H,3-17H2,1-2H3. The Kier molecular flexibility index (Phi) is 11.1. The van der Waals surface area contributed by atoms with Gasteiger partial charge in [0, 0.05) is 13.0 Å². The van der Waals surface area contributed by atoms with Crippen LogP contribution in [0.5, 0.6) is 0 Å². The summed E-state index contributed by atoms with van der Waals surface area (Å²) in [5, 5.41) is 11.6. The summed E-state index contributed by atoms with van der Waals surface area (Å²) in [6.07, 6.45) is 12.9. The third-order valence-corrected chi connectivity index (χ3v) is 4.37. The monoisotopic (exact) mass is 315 g/mol. The van der Waals surface area contributed by atoms with Crippen molar-refractivity contribution >= 4 is 0 Å². The van der Waals surface area contributed by atoms with Crippen LogP contribution in [0.15, 0.2) is 0 Å².